The summed E-state index contributed by atoms with van der Waals surface area (Å²) in [5.74, 6) is 0.174. The Labute approximate surface area is 154 Å². The highest BCUT2D eigenvalue weighted by Crippen LogP contribution is 2.26. The predicted octanol–water partition coefficient (Wildman–Crippen LogP) is 3.38. The third-order valence-corrected chi connectivity index (χ3v) is 4.52. The fraction of sp³-hybridized carbons (Fsp3) is 0.333. The zero-order valence-electron chi connectivity index (χ0n) is 15.2. The van der Waals surface area contributed by atoms with Gasteiger partial charge in [0.25, 0.3) is 0 Å². The van der Waals surface area contributed by atoms with E-state index in [-0.39, 0.29) is 24.2 Å². The normalized spacial score (nSPS) is 16.6. The van der Waals surface area contributed by atoms with Crippen molar-refractivity contribution in [2.75, 3.05) is 18.5 Å². The van der Waals surface area contributed by atoms with Crippen LogP contribution in [0.2, 0.25) is 0 Å². The molecule has 0 saturated carbocycles. The van der Waals surface area contributed by atoms with E-state index in [1.54, 1.807) is 4.90 Å². The van der Waals surface area contributed by atoms with Crippen molar-refractivity contribution in [2.45, 2.75) is 26.8 Å². The fourth-order valence-electron chi connectivity index (χ4n) is 3.10. The molecule has 0 aromatic heterocycles. The summed E-state index contributed by atoms with van der Waals surface area (Å²) in [6.45, 7) is 5.44. The third kappa shape index (κ3) is 4.23. The van der Waals surface area contributed by atoms with Crippen LogP contribution in [0.25, 0.3) is 0 Å². The molecule has 0 spiro atoms. The number of benzene rings is 2. The van der Waals surface area contributed by atoms with Gasteiger partial charge < -0.3 is 15.0 Å². The second kappa shape index (κ2) is 8.04. The van der Waals surface area contributed by atoms with Crippen molar-refractivity contribution < 1.29 is 14.3 Å². The van der Waals surface area contributed by atoms with Crippen LogP contribution in [-0.4, -0.2) is 29.9 Å². The molecule has 5 heteroatoms. The molecular weight excluding hydrogens is 328 g/mol. The number of hydrogen-bond acceptors (Lipinski definition) is 3. The molecule has 1 atom stereocenters. The smallest absolute Gasteiger partial charge is 0.229 e. The Balaban J connectivity index is 1.63. The maximum Gasteiger partial charge on any atom is 0.229 e. The molecule has 1 aliphatic heterocycles. The maximum absolute atomic E-state index is 12.6. The second-order valence-corrected chi connectivity index (χ2v) is 6.58. The zero-order valence-corrected chi connectivity index (χ0v) is 15.2. The van der Waals surface area contributed by atoms with Crippen LogP contribution >= 0.6 is 0 Å². The van der Waals surface area contributed by atoms with Crippen molar-refractivity contribution in [1.29, 1.82) is 0 Å². The minimum Gasteiger partial charge on any atom is -0.492 e. The van der Waals surface area contributed by atoms with Gasteiger partial charge in [0.15, 0.2) is 0 Å². The van der Waals surface area contributed by atoms with Crippen LogP contribution in [0.15, 0.2) is 48.5 Å². The van der Waals surface area contributed by atoms with E-state index in [4.69, 9.17) is 4.74 Å². The lowest BCUT2D eigenvalue weighted by Gasteiger charge is -2.17. The number of carbonyl (C=O) groups excluding carboxylic acids is 2. The zero-order chi connectivity index (χ0) is 18.5. The van der Waals surface area contributed by atoms with Gasteiger partial charge in [0.05, 0.1) is 18.2 Å². The number of likely N-dealkylation sites (tertiary alicyclic amines) is 1. The van der Waals surface area contributed by atoms with Crippen LogP contribution in [0.5, 0.6) is 5.75 Å². The Bertz CT molecular complexity index is 786. The van der Waals surface area contributed by atoms with Gasteiger partial charge in [-0.15, -0.1) is 0 Å². The molecule has 1 N–H and O–H groups in total. The SMILES string of the molecule is CCOc1ccccc1NC(=O)C1CC(=O)N(Cc2ccc(C)cc2)C1. The number of carbonyl (C=O) groups is 2. The van der Waals surface area contributed by atoms with Crippen LogP contribution in [0, 0.1) is 12.8 Å². The molecule has 1 fully saturated rings. The minimum atomic E-state index is -0.345. The Kier molecular flexibility index (Phi) is 5.56. The number of ether oxygens (including phenoxy) is 1. The van der Waals surface area contributed by atoms with Gasteiger partial charge in [-0.25, -0.2) is 0 Å². The first-order valence-electron chi connectivity index (χ1n) is 8.93. The summed E-state index contributed by atoms with van der Waals surface area (Å²) in [7, 11) is 0. The lowest BCUT2D eigenvalue weighted by Crippen LogP contribution is -2.28. The molecule has 5 nitrogen and oxygen atoms in total. The number of hydrogen-bond donors (Lipinski definition) is 1. The molecule has 0 radical (unpaired) electrons. The number of rotatable bonds is 6. The van der Waals surface area contributed by atoms with Crippen molar-refractivity contribution in [2.24, 2.45) is 5.92 Å². The van der Waals surface area contributed by atoms with Crippen LogP contribution < -0.4 is 10.1 Å². The first-order valence-corrected chi connectivity index (χ1v) is 8.93. The minimum absolute atomic E-state index is 0.0174. The summed E-state index contributed by atoms with van der Waals surface area (Å²) in [5, 5.41) is 2.91. The topological polar surface area (TPSA) is 58.6 Å². The molecule has 1 heterocycles. The summed E-state index contributed by atoms with van der Waals surface area (Å²) < 4.78 is 5.54. The highest BCUT2D eigenvalue weighted by Gasteiger charge is 2.34. The van der Waals surface area contributed by atoms with E-state index in [0.29, 0.717) is 31.1 Å². The summed E-state index contributed by atoms with van der Waals surface area (Å²) in [4.78, 5) is 26.7. The molecular formula is C21H24N2O3. The molecule has 136 valence electrons. The van der Waals surface area contributed by atoms with E-state index in [1.807, 2.05) is 62.4 Å². The molecule has 2 aromatic carbocycles. The van der Waals surface area contributed by atoms with E-state index in [1.165, 1.54) is 5.56 Å². The van der Waals surface area contributed by atoms with Gasteiger partial charge in [-0.1, -0.05) is 42.0 Å². The van der Waals surface area contributed by atoms with Crippen LogP contribution in [0.1, 0.15) is 24.5 Å². The number of anilines is 1. The van der Waals surface area contributed by atoms with E-state index >= 15 is 0 Å². The number of nitrogens with zero attached hydrogens (tertiary/aromatic N) is 1. The molecule has 1 saturated heterocycles. The monoisotopic (exact) mass is 352 g/mol. The summed E-state index contributed by atoms with van der Waals surface area (Å²) in [6.07, 6.45) is 0.245. The summed E-state index contributed by atoms with van der Waals surface area (Å²) >= 11 is 0. The summed E-state index contributed by atoms with van der Waals surface area (Å²) in [5.41, 5.74) is 2.90. The molecule has 2 amide bonds. The van der Waals surface area contributed by atoms with Crippen molar-refractivity contribution in [1.82, 2.24) is 4.90 Å². The van der Waals surface area contributed by atoms with Gasteiger partial charge >= 0.3 is 0 Å². The molecule has 1 unspecified atom stereocenters. The van der Waals surface area contributed by atoms with Gasteiger partial charge in [0.1, 0.15) is 5.75 Å². The maximum atomic E-state index is 12.6. The van der Waals surface area contributed by atoms with E-state index in [2.05, 4.69) is 5.32 Å². The van der Waals surface area contributed by atoms with Crippen molar-refractivity contribution in [3.8, 4) is 5.75 Å². The van der Waals surface area contributed by atoms with Gasteiger partial charge in [0.2, 0.25) is 11.8 Å². The lowest BCUT2D eigenvalue weighted by atomic mass is 10.1. The molecule has 26 heavy (non-hydrogen) atoms. The number of amides is 2. The standard InChI is InChI=1S/C21H24N2O3/c1-3-26-19-7-5-4-6-18(19)22-21(25)17-12-20(24)23(14-17)13-16-10-8-15(2)9-11-16/h4-11,17H,3,12-14H2,1-2H3,(H,22,25). The fourth-order valence-corrected chi connectivity index (χ4v) is 3.10. The lowest BCUT2D eigenvalue weighted by molar-refractivity contribution is -0.128. The van der Waals surface area contributed by atoms with Gasteiger partial charge in [-0.2, -0.15) is 0 Å². The predicted molar refractivity (Wildman–Crippen MR) is 101 cm³/mol. The Morgan fingerprint density at radius 1 is 1.19 bits per heavy atom. The molecule has 0 aliphatic carbocycles. The van der Waals surface area contributed by atoms with E-state index in [0.717, 1.165) is 5.56 Å². The van der Waals surface area contributed by atoms with E-state index < -0.39 is 0 Å². The van der Waals surface area contributed by atoms with Gasteiger partial charge in [-0.3, -0.25) is 9.59 Å². The third-order valence-electron chi connectivity index (χ3n) is 4.52. The first-order chi connectivity index (χ1) is 12.6. The number of nitrogens with one attached hydrogen (secondary N) is 1. The Morgan fingerprint density at radius 3 is 2.65 bits per heavy atom. The average Bonchev–Trinajstić information content (AvgIpc) is 3.00. The summed E-state index contributed by atoms with van der Waals surface area (Å²) in [6, 6.07) is 15.5. The largest absolute Gasteiger partial charge is 0.492 e. The highest BCUT2D eigenvalue weighted by molar-refractivity contribution is 5.98. The highest BCUT2D eigenvalue weighted by atomic mass is 16.5. The van der Waals surface area contributed by atoms with Crippen LogP contribution in [-0.2, 0) is 16.1 Å². The van der Waals surface area contributed by atoms with Crippen LogP contribution in [0.3, 0.4) is 0 Å². The molecule has 3 rings (SSSR count). The Morgan fingerprint density at radius 2 is 1.92 bits per heavy atom. The van der Waals surface area contributed by atoms with Crippen molar-refractivity contribution in [3.05, 3.63) is 59.7 Å². The average molecular weight is 352 g/mol. The number of aryl methyl sites for hydroxylation is 1. The first kappa shape index (κ1) is 18.0. The molecule has 0 bridgehead atoms. The van der Waals surface area contributed by atoms with Crippen molar-refractivity contribution >= 4 is 17.5 Å². The van der Waals surface area contributed by atoms with Gasteiger partial charge in [0, 0.05) is 19.5 Å². The quantitative estimate of drug-likeness (QED) is 0.867. The molecule has 2 aromatic rings. The number of para-hydroxylation sites is 2. The van der Waals surface area contributed by atoms with Crippen LogP contribution in [0.4, 0.5) is 5.69 Å². The molecule has 1 aliphatic rings. The van der Waals surface area contributed by atoms with Gasteiger partial charge in [-0.05, 0) is 31.5 Å². The second-order valence-electron chi connectivity index (χ2n) is 6.58. The Hall–Kier alpha value is -2.82. The van der Waals surface area contributed by atoms with E-state index in [9.17, 15) is 9.59 Å². The van der Waals surface area contributed by atoms with Crippen molar-refractivity contribution in [3.63, 3.8) is 0 Å².